The van der Waals surface area contributed by atoms with Gasteiger partial charge in [0.1, 0.15) is 17.9 Å². The minimum absolute atomic E-state index is 0.211. The zero-order chi connectivity index (χ0) is 16.2. The Kier molecular flexibility index (Phi) is 4.39. The molecule has 0 saturated carbocycles. The predicted octanol–water partition coefficient (Wildman–Crippen LogP) is 5.16. The van der Waals surface area contributed by atoms with E-state index < -0.39 is 5.82 Å². The lowest BCUT2D eigenvalue weighted by Crippen LogP contribution is -1.94. The summed E-state index contributed by atoms with van der Waals surface area (Å²) in [5.41, 5.74) is 0.784. The maximum absolute atomic E-state index is 13.5. The highest BCUT2D eigenvalue weighted by molar-refractivity contribution is 6.31. The minimum atomic E-state index is -0.441. The Morgan fingerprint density at radius 2 is 1.87 bits per heavy atom. The van der Waals surface area contributed by atoms with Gasteiger partial charge in [-0.15, -0.1) is 0 Å². The van der Waals surface area contributed by atoms with Crippen LogP contribution in [0.4, 0.5) is 4.39 Å². The number of halogens is 2. The van der Waals surface area contributed by atoms with Crippen molar-refractivity contribution < 1.29 is 13.9 Å². The normalized spacial score (nSPS) is 10.4. The third-order valence-corrected chi connectivity index (χ3v) is 3.52. The fourth-order valence-corrected chi connectivity index (χ4v) is 2.08. The summed E-state index contributed by atoms with van der Waals surface area (Å²) in [6, 6.07) is 10.9. The smallest absolute Gasteiger partial charge is 0.222 e. The lowest BCUT2D eigenvalue weighted by Gasteiger charge is -2.13. The summed E-state index contributed by atoms with van der Waals surface area (Å²) >= 11 is 6.09. The molecule has 0 fully saturated rings. The molecule has 0 bridgehead atoms. The second-order valence-electron chi connectivity index (χ2n) is 4.71. The molecule has 1 heterocycles. The molecule has 0 N–H and O–H groups in total. The van der Waals surface area contributed by atoms with E-state index in [-0.39, 0.29) is 5.75 Å². The summed E-state index contributed by atoms with van der Waals surface area (Å²) in [5, 5.41) is 0.586. The molecule has 0 saturated heterocycles. The van der Waals surface area contributed by atoms with Gasteiger partial charge >= 0.3 is 0 Å². The van der Waals surface area contributed by atoms with Crippen molar-refractivity contribution in [1.29, 1.82) is 0 Å². The first kappa shape index (κ1) is 15.2. The Morgan fingerprint density at radius 3 is 2.65 bits per heavy atom. The van der Waals surface area contributed by atoms with Crippen molar-refractivity contribution in [3.05, 3.63) is 71.4 Å². The molecule has 0 aliphatic carbocycles. The fraction of sp³-hybridized carbons (Fsp3) is 0.0588. The minimum Gasteiger partial charge on any atom is -0.453 e. The van der Waals surface area contributed by atoms with Crippen LogP contribution in [0.25, 0.3) is 0 Å². The third kappa shape index (κ3) is 3.57. The molecule has 4 nitrogen and oxygen atoms in total. The fourth-order valence-electron chi connectivity index (χ4n) is 1.91. The van der Waals surface area contributed by atoms with Crippen LogP contribution in [0.15, 0.2) is 55.0 Å². The van der Waals surface area contributed by atoms with E-state index in [1.165, 1.54) is 30.7 Å². The SMILES string of the molecule is Cc1c(Cl)cccc1Oc1ccc(F)cc1Oc1ccncn1. The number of hydrogen-bond acceptors (Lipinski definition) is 4. The summed E-state index contributed by atoms with van der Waals surface area (Å²) < 4.78 is 25.0. The molecule has 0 atom stereocenters. The molecule has 1 aromatic heterocycles. The molecule has 0 unspecified atom stereocenters. The summed E-state index contributed by atoms with van der Waals surface area (Å²) in [5.74, 6) is 0.984. The van der Waals surface area contributed by atoms with Crippen LogP contribution in [0.1, 0.15) is 5.56 Å². The molecule has 23 heavy (non-hydrogen) atoms. The summed E-state index contributed by atoms with van der Waals surface area (Å²) in [6.07, 6.45) is 2.87. The van der Waals surface area contributed by atoms with Crippen molar-refractivity contribution >= 4 is 11.6 Å². The van der Waals surface area contributed by atoms with Crippen molar-refractivity contribution in [2.75, 3.05) is 0 Å². The van der Waals surface area contributed by atoms with Crippen molar-refractivity contribution in [2.24, 2.45) is 0 Å². The molecule has 0 aliphatic heterocycles. The maximum Gasteiger partial charge on any atom is 0.222 e. The Morgan fingerprint density at radius 1 is 1.00 bits per heavy atom. The van der Waals surface area contributed by atoms with Crippen LogP contribution in [-0.4, -0.2) is 9.97 Å². The van der Waals surface area contributed by atoms with Gasteiger partial charge in [-0.3, -0.25) is 0 Å². The standard InChI is InChI=1S/C17H12ClFN2O2/c1-11-13(18)3-2-4-14(11)22-15-6-5-12(19)9-16(15)23-17-7-8-20-10-21-17/h2-10H,1H3. The van der Waals surface area contributed by atoms with Gasteiger partial charge in [-0.05, 0) is 31.2 Å². The molecule has 0 spiro atoms. The lowest BCUT2D eigenvalue weighted by atomic mass is 10.2. The van der Waals surface area contributed by atoms with E-state index in [4.69, 9.17) is 21.1 Å². The van der Waals surface area contributed by atoms with Gasteiger partial charge in [-0.1, -0.05) is 17.7 Å². The number of nitrogens with zero attached hydrogens (tertiary/aromatic N) is 2. The van der Waals surface area contributed by atoms with Crippen LogP contribution in [0.5, 0.6) is 23.1 Å². The Hall–Kier alpha value is -2.66. The van der Waals surface area contributed by atoms with Crippen LogP contribution < -0.4 is 9.47 Å². The molecule has 0 amide bonds. The van der Waals surface area contributed by atoms with Crippen molar-refractivity contribution in [3.63, 3.8) is 0 Å². The first-order chi connectivity index (χ1) is 11.1. The number of ether oxygens (including phenoxy) is 2. The number of aromatic nitrogens is 2. The molecular formula is C17H12ClFN2O2. The van der Waals surface area contributed by atoms with Gasteiger partial charge in [-0.25, -0.2) is 14.4 Å². The van der Waals surface area contributed by atoms with Crippen LogP contribution in [0.3, 0.4) is 0 Å². The maximum atomic E-state index is 13.5. The molecular weight excluding hydrogens is 319 g/mol. The van der Waals surface area contributed by atoms with E-state index >= 15 is 0 Å². The van der Waals surface area contributed by atoms with Gasteiger partial charge in [-0.2, -0.15) is 0 Å². The third-order valence-electron chi connectivity index (χ3n) is 3.11. The van der Waals surface area contributed by atoms with Crippen molar-refractivity contribution in [3.8, 4) is 23.1 Å². The topological polar surface area (TPSA) is 44.2 Å². The summed E-state index contributed by atoms with van der Waals surface area (Å²) in [4.78, 5) is 7.76. The molecule has 3 aromatic rings. The van der Waals surface area contributed by atoms with Crippen LogP contribution in [0.2, 0.25) is 5.02 Å². The highest BCUT2D eigenvalue weighted by Gasteiger charge is 2.12. The lowest BCUT2D eigenvalue weighted by molar-refractivity contribution is 0.404. The zero-order valence-corrected chi connectivity index (χ0v) is 12.9. The van der Waals surface area contributed by atoms with Crippen LogP contribution in [-0.2, 0) is 0 Å². The monoisotopic (exact) mass is 330 g/mol. The first-order valence-corrected chi connectivity index (χ1v) is 7.17. The largest absolute Gasteiger partial charge is 0.453 e. The Balaban J connectivity index is 1.94. The van der Waals surface area contributed by atoms with E-state index in [1.807, 2.05) is 6.92 Å². The molecule has 2 aromatic carbocycles. The van der Waals surface area contributed by atoms with Crippen LogP contribution >= 0.6 is 11.6 Å². The zero-order valence-electron chi connectivity index (χ0n) is 12.2. The Labute approximate surface area is 137 Å². The van der Waals surface area contributed by atoms with Gasteiger partial charge in [0.15, 0.2) is 11.5 Å². The van der Waals surface area contributed by atoms with E-state index in [1.54, 1.807) is 24.3 Å². The molecule has 0 aliphatic rings. The quantitative estimate of drug-likeness (QED) is 0.662. The second kappa shape index (κ2) is 6.62. The second-order valence-corrected chi connectivity index (χ2v) is 5.11. The van der Waals surface area contributed by atoms with Gasteiger partial charge < -0.3 is 9.47 Å². The van der Waals surface area contributed by atoms with Gasteiger partial charge in [0.2, 0.25) is 5.88 Å². The number of hydrogen-bond donors (Lipinski definition) is 0. The average molecular weight is 331 g/mol. The predicted molar refractivity (Wildman–Crippen MR) is 84.8 cm³/mol. The molecule has 0 radical (unpaired) electrons. The highest BCUT2D eigenvalue weighted by atomic mass is 35.5. The number of rotatable bonds is 4. The first-order valence-electron chi connectivity index (χ1n) is 6.80. The van der Waals surface area contributed by atoms with E-state index in [0.29, 0.717) is 22.4 Å². The van der Waals surface area contributed by atoms with E-state index in [2.05, 4.69) is 9.97 Å². The van der Waals surface area contributed by atoms with Crippen molar-refractivity contribution in [2.45, 2.75) is 6.92 Å². The van der Waals surface area contributed by atoms with Gasteiger partial charge in [0.05, 0.1) is 0 Å². The number of benzene rings is 2. The summed E-state index contributed by atoms with van der Waals surface area (Å²) in [7, 11) is 0. The summed E-state index contributed by atoms with van der Waals surface area (Å²) in [6.45, 7) is 1.84. The van der Waals surface area contributed by atoms with Crippen LogP contribution in [0, 0.1) is 12.7 Å². The Bertz CT molecular complexity index is 828. The van der Waals surface area contributed by atoms with Crippen molar-refractivity contribution in [1.82, 2.24) is 9.97 Å². The highest BCUT2D eigenvalue weighted by Crippen LogP contribution is 2.37. The van der Waals surface area contributed by atoms with Gasteiger partial charge in [0.25, 0.3) is 0 Å². The molecule has 6 heteroatoms. The molecule has 116 valence electrons. The van der Waals surface area contributed by atoms with E-state index in [9.17, 15) is 4.39 Å². The average Bonchev–Trinajstić information content (AvgIpc) is 2.55. The van der Waals surface area contributed by atoms with E-state index in [0.717, 1.165) is 5.56 Å². The molecule has 3 rings (SSSR count). The van der Waals surface area contributed by atoms with Gasteiger partial charge in [0, 0.05) is 28.9 Å².